The number of rotatable bonds is 8. The predicted octanol–water partition coefficient (Wildman–Crippen LogP) is 6.44. The summed E-state index contributed by atoms with van der Waals surface area (Å²) in [5.41, 5.74) is 3.29. The maximum atomic E-state index is 12.8. The third-order valence-corrected chi connectivity index (χ3v) is 7.43. The van der Waals surface area contributed by atoms with Gasteiger partial charge in [0.05, 0.1) is 17.8 Å². The molecule has 3 rings (SSSR count). The van der Waals surface area contributed by atoms with Gasteiger partial charge in [-0.25, -0.2) is 0 Å². The second-order valence-electron chi connectivity index (χ2n) is 9.96. The van der Waals surface area contributed by atoms with E-state index in [9.17, 15) is 9.90 Å². The molecule has 29 heavy (non-hydrogen) atoms. The van der Waals surface area contributed by atoms with E-state index >= 15 is 0 Å². The van der Waals surface area contributed by atoms with Crippen molar-refractivity contribution >= 4 is 5.78 Å². The molecule has 164 valence electrons. The lowest BCUT2D eigenvalue weighted by Crippen LogP contribution is -2.44. The van der Waals surface area contributed by atoms with Crippen molar-refractivity contribution in [2.24, 2.45) is 5.92 Å². The molecule has 1 fully saturated rings. The second kappa shape index (κ2) is 10.4. The Morgan fingerprint density at radius 2 is 2.07 bits per heavy atom. The number of allylic oxidation sites excluding steroid dienone is 2. The van der Waals surface area contributed by atoms with Gasteiger partial charge in [0, 0.05) is 6.42 Å². The number of aliphatic hydroxyl groups is 1. The van der Waals surface area contributed by atoms with Crippen molar-refractivity contribution < 1.29 is 14.6 Å². The van der Waals surface area contributed by atoms with Crippen LogP contribution in [0, 0.1) is 5.92 Å². The minimum absolute atomic E-state index is 0.0643. The number of carbonyl (C=O) groups is 1. The lowest BCUT2D eigenvalue weighted by Gasteiger charge is -2.45. The number of ether oxygens (including phenoxy) is 1. The van der Waals surface area contributed by atoms with Crippen LogP contribution in [0.5, 0.6) is 0 Å². The molecule has 0 amide bonds. The van der Waals surface area contributed by atoms with Crippen LogP contribution in [0.3, 0.4) is 0 Å². The first-order valence-corrected chi connectivity index (χ1v) is 12.2. The van der Waals surface area contributed by atoms with Gasteiger partial charge in [-0.1, -0.05) is 26.3 Å². The molecule has 0 aromatic rings. The van der Waals surface area contributed by atoms with Crippen molar-refractivity contribution in [2.75, 3.05) is 0 Å². The monoisotopic (exact) mass is 402 g/mol. The summed E-state index contributed by atoms with van der Waals surface area (Å²) in [5.74, 6) is 0.931. The number of hydrogen-bond donors (Lipinski definition) is 1. The van der Waals surface area contributed by atoms with E-state index in [4.69, 9.17) is 4.74 Å². The average Bonchev–Trinajstić information content (AvgIpc) is 2.70. The van der Waals surface area contributed by atoms with Crippen molar-refractivity contribution in [3.8, 4) is 0 Å². The molecule has 2 aliphatic carbocycles. The van der Waals surface area contributed by atoms with E-state index in [1.165, 1.54) is 31.3 Å². The van der Waals surface area contributed by atoms with E-state index in [-0.39, 0.29) is 11.4 Å². The first-order valence-electron chi connectivity index (χ1n) is 12.2. The zero-order chi connectivity index (χ0) is 20.9. The Morgan fingerprint density at radius 1 is 1.24 bits per heavy atom. The first kappa shape index (κ1) is 22.7. The van der Waals surface area contributed by atoms with Gasteiger partial charge in [0.15, 0.2) is 5.78 Å². The molecule has 3 aliphatic rings. The summed E-state index contributed by atoms with van der Waals surface area (Å²) in [5, 5.41) is 10.1. The van der Waals surface area contributed by atoms with Gasteiger partial charge < -0.3 is 9.84 Å². The highest BCUT2D eigenvalue weighted by Crippen LogP contribution is 2.43. The fourth-order valence-electron chi connectivity index (χ4n) is 5.94. The SMILES string of the molecule is CCCC1(CCCC(=O)C2=C(C)C(O)CCC2)CC(C)CC(C2=CCCCC2)O1. The van der Waals surface area contributed by atoms with Crippen LogP contribution in [0.2, 0.25) is 0 Å². The second-order valence-corrected chi connectivity index (χ2v) is 9.96. The number of carbonyl (C=O) groups excluding carboxylic acids is 1. The summed E-state index contributed by atoms with van der Waals surface area (Å²) in [4.78, 5) is 12.8. The maximum absolute atomic E-state index is 12.8. The van der Waals surface area contributed by atoms with Gasteiger partial charge in [-0.15, -0.1) is 0 Å². The Bertz CT molecular complexity index is 632. The van der Waals surface area contributed by atoms with Crippen molar-refractivity contribution in [1.29, 1.82) is 0 Å². The minimum Gasteiger partial charge on any atom is -0.389 e. The normalized spacial score (nSPS) is 33.5. The van der Waals surface area contributed by atoms with Crippen molar-refractivity contribution in [3.63, 3.8) is 0 Å². The molecule has 3 nitrogen and oxygen atoms in total. The molecule has 1 saturated heterocycles. The largest absolute Gasteiger partial charge is 0.389 e. The molecule has 0 radical (unpaired) electrons. The van der Waals surface area contributed by atoms with Gasteiger partial charge in [0.25, 0.3) is 0 Å². The van der Waals surface area contributed by atoms with Crippen LogP contribution in [-0.4, -0.2) is 28.7 Å². The molecule has 0 bridgehead atoms. The molecule has 1 aliphatic heterocycles. The Balaban J connectivity index is 1.63. The number of hydrogen-bond acceptors (Lipinski definition) is 3. The molecule has 4 atom stereocenters. The molecule has 3 heteroatoms. The van der Waals surface area contributed by atoms with Crippen molar-refractivity contribution in [2.45, 2.75) is 128 Å². The van der Waals surface area contributed by atoms with Gasteiger partial charge >= 0.3 is 0 Å². The van der Waals surface area contributed by atoms with E-state index in [1.54, 1.807) is 0 Å². The van der Waals surface area contributed by atoms with Gasteiger partial charge in [-0.2, -0.15) is 0 Å². The van der Waals surface area contributed by atoms with Crippen LogP contribution in [0.4, 0.5) is 0 Å². The van der Waals surface area contributed by atoms with Gasteiger partial charge in [0.1, 0.15) is 0 Å². The van der Waals surface area contributed by atoms with Crippen LogP contribution >= 0.6 is 0 Å². The summed E-state index contributed by atoms with van der Waals surface area (Å²) in [6.07, 6.45) is 16.9. The zero-order valence-electron chi connectivity index (χ0n) is 19.0. The van der Waals surface area contributed by atoms with Gasteiger partial charge in [-0.3, -0.25) is 4.79 Å². The smallest absolute Gasteiger partial charge is 0.158 e. The van der Waals surface area contributed by atoms with Crippen molar-refractivity contribution in [1.82, 2.24) is 0 Å². The van der Waals surface area contributed by atoms with Crippen LogP contribution < -0.4 is 0 Å². The Morgan fingerprint density at radius 3 is 2.79 bits per heavy atom. The summed E-state index contributed by atoms with van der Waals surface area (Å²) in [6.45, 7) is 6.57. The Hall–Kier alpha value is -0.930. The molecule has 0 saturated carbocycles. The highest BCUT2D eigenvalue weighted by atomic mass is 16.5. The summed E-state index contributed by atoms with van der Waals surface area (Å²) in [6, 6.07) is 0. The summed E-state index contributed by atoms with van der Waals surface area (Å²) < 4.78 is 6.86. The quantitative estimate of drug-likeness (QED) is 0.475. The van der Waals surface area contributed by atoms with Crippen LogP contribution in [-0.2, 0) is 9.53 Å². The highest BCUT2D eigenvalue weighted by molar-refractivity contribution is 5.96. The molecule has 1 N–H and O–H groups in total. The molecule has 0 spiro atoms. The van der Waals surface area contributed by atoms with Crippen molar-refractivity contribution in [3.05, 3.63) is 22.8 Å². The molecular weight excluding hydrogens is 360 g/mol. The maximum Gasteiger partial charge on any atom is 0.158 e. The lowest BCUT2D eigenvalue weighted by molar-refractivity contribution is -0.141. The van der Waals surface area contributed by atoms with Gasteiger partial charge in [-0.05, 0) is 107 Å². The Labute approximate surface area is 178 Å². The van der Waals surface area contributed by atoms with E-state index < -0.39 is 6.10 Å². The Kier molecular flexibility index (Phi) is 8.15. The van der Waals surface area contributed by atoms with E-state index in [0.29, 0.717) is 18.4 Å². The number of Topliss-reactive ketones (excluding diaryl/α,β-unsaturated/α-hetero) is 1. The average molecular weight is 403 g/mol. The summed E-state index contributed by atoms with van der Waals surface area (Å²) >= 11 is 0. The lowest BCUT2D eigenvalue weighted by atomic mass is 9.76. The molecule has 0 aromatic heterocycles. The first-order chi connectivity index (χ1) is 13.9. The molecule has 4 unspecified atom stereocenters. The number of aliphatic hydroxyl groups excluding tert-OH is 1. The minimum atomic E-state index is -0.416. The van der Waals surface area contributed by atoms with E-state index in [2.05, 4.69) is 19.9 Å². The third kappa shape index (κ3) is 5.82. The van der Waals surface area contributed by atoms with Crippen LogP contribution in [0.1, 0.15) is 111 Å². The summed E-state index contributed by atoms with van der Waals surface area (Å²) in [7, 11) is 0. The van der Waals surface area contributed by atoms with E-state index in [1.807, 2.05) is 6.92 Å². The predicted molar refractivity (Wildman–Crippen MR) is 119 cm³/mol. The molecule has 1 heterocycles. The topological polar surface area (TPSA) is 46.5 Å². The highest BCUT2D eigenvalue weighted by Gasteiger charge is 2.40. The standard InChI is InChI=1S/C26H42O3/c1-4-15-26(16-9-14-24(28)22-12-8-13-23(27)20(22)3)18-19(2)17-25(29-26)21-10-6-5-7-11-21/h10,19,23,25,27H,4-9,11-18H2,1-3H3. The van der Waals surface area contributed by atoms with Crippen LogP contribution in [0.25, 0.3) is 0 Å². The zero-order valence-corrected chi connectivity index (χ0v) is 19.0. The fourth-order valence-corrected chi connectivity index (χ4v) is 5.94. The van der Waals surface area contributed by atoms with Crippen LogP contribution in [0.15, 0.2) is 22.8 Å². The third-order valence-electron chi connectivity index (χ3n) is 7.43. The van der Waals surface area contributed by atoms with E-state index in [0.717, 1.165) is 68.9 Å². The molecule has 0 aromatic carbocycles. The van der Waals surface area contributed by atoms with Gasteiger partial charge in [0.2, 0.25) is 0 Å². The number of ketones is 1. The molecular formula is C26H42O3. The fraction of sp³-hybridized carbons (Fsp3) is 0.808.